The van der Waals surface area contributed by atoms with Gasteiger partial charge in [0.15, 0.2) is 5.78 Å². The number of nitrogens with zero attached hydrogens (tertiary/aromatic N) is 1. The first-order chi connectivity index (χ1) is 10.5. The lowest BCUT2D eigenvalue weighted by Crippen LogP contribution is -2.49. The molecule has 3 rings (SSSR count). The molecule has 5 nitrogen and oxygen atoms in total. The third-order valence-corrected chi connectivity index (χ3v) is 4.74. The number of amides is 1. The maximum atomic E-state index is 12.5. The number of nitrogens with two attached hydrogens (primary N) is 1. The van der Waals surface area contributed by atoms with Gasteiger partial charge in [-0.3, -0.25) is 9.59 Å². The van der Waals surface area contributed by atoms with Gasteiger partial charge in [0.05, 0.1) is 12.6 Å². The molecule has 1 heterocycles. The number of hydrogen-bond donors (Lipinski definition) is 1. The number of carbonyl (C=O) groups excluding carboxylic acids is 2. The fourth-order valence-corrected chi connectivity index (χ4v) is 3.00. The van der Waals surface area contributed by atoms with Crippen molar-refractivity contribution in [2.75, 3.05) is 20.2 Å². The largest absolute Gasteiger partial charge is 0.497 e. The Morgan fingerprint density at radius 2 is 1.77 bits per heavy atom. The van der Waals surface area contributed by atoms with Crippen molar-refractivity contribution in [3.8, 4) is 5.75 Å². The van der Waals surface area contributed by atoms with Gasteiger partial charge >= 0.3 is 0 Å². The molecule has 118 valence electrons. The first kappa shape index (κ1) is 15.0. The van der Waals surface area contributed by atoms with Gasteiger partial charge < -0.3 is 15.4 Å². The second-order valence-corrected chi connectivity index (χ2v) is 6.32. The quantitative estimate of drug-likeness (QED) is 0.858. The number of benzene rings is 1. The Morgan fingerprint density at radius 1 is 1.18 bits per heavy atom. The minimum Gasteiger partial charge on any atom is -0.497 e. The van der Waals surface area contributed by atoms with Gasteiger partial charge in [0.25, 0.3) is 0 Å². The summed E-state index contributed by atoms with van der Waals surface area (Å²) in [6.07, 6.45) is 3.01. The van der Waals surface area contributed by atoms with Gasteiger partial charge in [-0.1, -0.05) is 0 Å². The number of rotatable bonds is 4. The van der Waals surface area contributed by atoms with Crippen LogP contribution >= 0.6 is 0 Å². The maximum Gasteiger partial charge on any atom is 0.242 e. The third-order valence-electron chi connectivity index (χ3n) is 4.74. The van der Waals surface area contributed by atoms with Crippen molar-refractivity contribution in [2.45, 2.75) is 31.2 Å². The molecule has 1 aromatic carbocycles. The summed E-state index contributed by atoms with van der Waals surface area (Å²) in [6.45, 7) is 1.26. The SMILES string of the molecule is COc1ccc(C(=O)C2CCN(C(=O)C3(N)CC3)CC2)cc1. The molecule has 0 radical (unpaired) electrons. The van der Waals surface area contributed by atoms with Gasteiger partial charge in [-0.2, -0.15) is 0 Å². The van der Waals surface area contributed by atoms with E-state index in [0.717, 1.165) is 18.6 Å². The van der Waals surface area contributed by atoms with Crippen LogP contribution in [-0.2, 0) is 4.79 Å². The van der Waals surface area contributed by atoms with Crippen molar-refractivity contribution in [1.29, 1.82) is 0 Å². The highest BCUT2D eigenvalue weighted by atomic mass is 16.5. The maximum absolute atomic E-state index is 12.5. The Labute approximate surface area is 130 Å². The van der Waals surface area contributed by atoms with Crippen LogP contribution in [0, 0.1) is 5.92 Å². The second kappa shape index (κ2) is 5.72. The Bertz CT molecular complexity index is 570. The number of piperidine rings is 1. The van der Waals surface area contributed by atoms with Crippen LogP contribution in [0.5, 0.6) is 5.75 Å². The fraction of sp³-hybridized carbons (Fsp3) is 0.529. The summed E-state index contributed by atoms with van der Waals surface area (Å²) in [5, 5.41) is 0. The van der Waals surface area contributed by atoms with E-state index >= 15 is 0 Å². The van der Waals surface area contributed by atoms with Crippen LogP contribution < -0.4 is 10.5 Å². The molecule has 5 heteroatoms. The zero-order valence-corrected chi connectivity index (χ0v) is 12.9. The molecule has 1 aliphatic carbocycles. The first-order valence-electron chi connectivity index (χ1n) is 7.80. The standard InChI is InChI=1S/C17H22N2O3/c1-22-14-4-2-12(3-5-14)15(20)13-6-10-19(11-7-13)16(21)17(18)8-9-17/h2-5,13H,6-11,18H2,1H3. The predicted molar refractivity (Wildman–Crippen MR) is 82.8 cm³/mol. The van der Waals surface area contributed by atoms with Crippen molar-refractivity contribution in [3.63, 3.8) is 0 Å². The number of ketones is 1. The highest BCUT2D eigenvalue weighted by Gasteiger charge is 2.48. The zero-order chi connectivity index (χ0) is 15.7. The van der Waals surface area contributed by atoms with E-state index in [1.807, 2.05) is 4.90 Å². The van der Waals surface area contributed by atoms with Crippen LogP contribution in [0.25, 0.3) is 0 Å². The summed E-state index contributed by atoms with van der Waals surface area (Å²) in [5.41, 5.74) is 6.07. The zero-order valence-electron chi connectivity index (χ0n) is 12.9. The topological polar surface area (TPSA) is 72.6 Å². The molecule has 2 aliphatic rings. The Morgan fingerprint density at radius 3 is 2.27 bits per heavy atom. The molecular weight excluding hydrogens is 280 g/mol. The smallest absolute Gasteiger partial charge is 0.242 e. The van der Waals surface area contributed by atoms with E-state index < -0.39 is 5.54 Å². The molecule has 1 aromatic rings. The van der Waals surface area contributed by atoms with Gasteiger partial charge in [-0.15, -0.1) is 0 Å². The third kappa shape index (κ3) is 2.86. The van der Waals surface area contributed by atoms with Crippen LogP contribution in [-0.4, -0.2) is 42.3 Å². The summed E-state index contributed by atoms with van der Waals surface area (Å²) < 4.78 is 5.11. The number of Topliss-reactive ketones (excluding diaryl/α,β-unsaturated/α-hetero) is 1. The van der Waals surface area contributed by atoms with E-state index in [4.69, 9.17) is 10.5 Å². The van der Waals surface area contributed by atoms with Crippen molar-refractivity contribution in [1.82, 2.24) is 4.90 Å². The molecule has 22 heavy (non-hydrogen) atoms. The monoisotopic (exact) mass is 302 g/mol. The van der Waals surface area contributed by atoms with Gasteiger partial charge in [-0.25, -0.2) is 0 Å². The highest BCUT2D eigenvalue weighted by molar-refractivity contribution is 5.98. The summed E-state index contributed by atoms with van der Waals surface area (Å²) >= 11 is 0. The summed E-state index contributed by atoms with van der Waals surface area (Å²) in [5.74, 6) is 0.950. The lowest BCUT2D eigenvalue weighted by molar-refractivity contribution is -0.134. The van der Waals surface area contributed by atoms with Crippen molar-refractivity contribution in [2.24, 2.45) is 11.7 Å². The molecule has 0 aromatic heterocycles. The van der Waals surface area contributed by atoms with Crippen LogP contribution in [0.3, 0.4) is 0 Å². The van der Waals surface area contributed by atoms with Crippen molar-refractivity contribution >= 4 is 11.7 Å². The van der Waals surface area contributed by atoms with Gasteiger partial charge in [0.2, 0.25) is 5.91 Å². The Balaban J connectivity index is 1.58. The van der Waals surface area contributed by atoms with E-state index in [1.54, 1.807) is 31.4 Å². The van der Waals surface area contributed by atoms with E-state index in [1.165, 1.54) is 0 Å². The molecule has 2 N–H and O–H groups in total. The molecule has 0 unspecified atom stereocenters. The molecular formula is C17H22N2O3. The normalized spacial score (nSPS) is 20.5. The molecule has 0 atom stereocenters. The van der Waals surface area contributed by atoms with Gasteiger partial charge in [0, 0.05) is 24.6 Å². The molecule has 1 amide bonds. The summed E-state index contributed by atoms with van der Waals surface area (Å²) in [4.78, 5) is 26.5. The lowest BCUT2D eigenvalue weighted by Gasteiger charge is -2.33. The molecule has 1 saturated heterocycles. The molecule has 0 bridgehead atoms. The van der Waals surface area contributed by atoms with E-state index in [2.05, 4.69) is 0 Å². The van der Waals surface area contributed by atoms with Gasteiger partial charge in [0.1, 0.15) is 5.75 Å². The highest BCUT2D eigenvalue weighted by Crippen LogP contribution is 2.35. The lowest BCUT2D eigenvalue weighted by atomic mass is 9.88. The number of hydrogen-bond acceptors (Lipinski definition) is 4. The number of likely N-dealkylation sites (tertiary alicyclic amines) is 1. The predicted octanol–water partition coefficient (Wildman–Crippen LogP) is 1.61. The van der Waals surface area contributed by atoms with Crippen LogP contribution in [0.4, 0.5) is 0 Å². The average molecular weight is 302 g/mol. The van der Waals surface area contributed by atoms with Crippen LogP contribution in [0.1, 0.15) is 36.0 Å². The summed E-state index contributed by atoms with van der Waals surface area (Å²) in [6, 6.07) is 7.21. The minimum absolute atomic E-state index is 0.00891. The molecule has 2 fully saturated rings. The fourth-order valence-electron chi connectivity index (χ4n) is 3.00. The minimum atomic E-state index is -0.604. The van der Waals surface area contributed by atoms with E-state index in [9.17, 15) is 9.59 Å². The first-order valence-corrected chi connectivity index (χ1v) is 7.80. The summed E-state index contributed by atoms with van der Waals surface area (Å²) in [7, 11) is 1.60. The van der Waals surface area contributed by atoms with E-state index in [-0.39, 0.29) is 17.6 Å². The number of ether oxygens (including phenoxy) is 1. The Kier molecular flexibility index (Phi) is 3.91. The van der Waals surface area contributed by atoms with Gasteiger partial charge in [-0.05, 0) is 49.9 Å². The number of methoxy groups -OCH3 is 1. The Hall–Kier alpha value is -1.88. The van der Waals surface area contributed by atoms with Crippen molar-refractivity contribution in [3.05, 3.63) is 29.8 Å². The second-order valence-electron chi connectivity index (χ2n) is 6.32. The molecule has 0 spiro atoms. The molecule has 1 aliphatic heterocycles. The molecule has 1 saturated carbocycles. The van der Waals surface area contributed by atoms with Crippen LogP contribution in [0.2, 0.25) is 0 Å². The number of carbonyl (C=O) groups is 2. The van der Waals surface area contributed by atoms with E-state index in [0.29, 0.717) is 31.5 Å². The van der Waals surface area contributed by atoms with Crippen molar-refractivity contribution < 1.29 is 14.3 Å². The average Bonchev–Trinajstić information content (AvgIpc) is 3.32. The van der Waals surface area contributed by atoms with Crippen LogP contribution in [0.15, 0.2) is 24.3 Å².